The summed E-state index contributed by atoms with van der Waals surface area (Å²) in [5.41, 5.74) is 0.718. The Morgan fingerprint density at radius 2 is 2.30 bits per heavy atom. The van der Waals surface area contributed by atoms with Crippen molar-refractivity contribution >= 4 is 16.7 Å². The smallest absolute Gasteiger partial charge is 0.261 e. The highest BCUT2D eigenvalue weighted by Crippen LogP contribution is 2.33. The number of aromatic nitrogens is 5. The molecule has 0 N–H and O–H groups in total. The van der Waals surface area contributed by atoms with Gasteiger partial charge < -0.3 is 9.30 Å². The van der Waals surface area contributed by atoms with Crippen LogP contribution in [0, 0.1) is 0 Å². The Labute approximate surface area is 113 Å². The first-order chi connectivity index (χ1) is 9.78. The fourth-order valence-corrected chi connectivity index (χ4v) is 2.41. The molecular weight excluding hydrogens is 258 g/mol. The highest BCUT2D eigenvalue weighted by atomic mass is 16.5. The Morgan fingerprint density at radius 3 is 3.05 bits per heavy atom. The van der Waals surface area contributed by atoms with Gasteiger partial charge in [0.25, 0.3) is 11.3 Å². The topological polar surface area (TPSA) is 74.3 Å². The lowest BCUT2D eigenvalue weighted by Crippen LogP contribution is -2.19. The molecule has 3 heterocycles. The van der Waals surface area contributed by atoms with Crippen LogP contribution in [0.1, 0.15) is 24.7 Å². The van der Waals surface area contributed by atoms with Gasteiger partial charge in [0.1, 0.15) is 6.61 Å². The molecule has 0 saturated heterocycles. The number of nitrogens with zero attached hydrogens (tertiary/aromatic N) is 5. The summed E-state index contributed by atoms with van der Waals surface area (Å²) in [6.45, 7) is 0.323. The molecule has 0 atom stereocenters. The minimum absolute atomic E-state index is 0.0109. The maximum atomic E-state index is 12.4. The Hall–Kier alpha value is -2.28. The molecule has 7 heteroatoms. The minimum atomic E-state index is -0.0109. The van der Waals surface area contributed by atoms with Crippen molar-refractivity contribution in [1.29, 1.82) is 0 Å². The highest BCUT2D eigenvalue weighted by molar-refractivity contribution is 5.78. The molecule has 0 radical (unpaired) electrons. The number of hydrogen-bond donors (Lipinski definition) is 0. The Morgan fingerprint density at radius 1 is 1.45 bits per heavy atom. The second-order valence-electron chi connectivity index (χ2n) is 4.99. The monoisotopic (exact) mass is 271 g/mol. The number of methoxy groups -OCH3 is 1. The van der Waals surface area contributed by atoms with E-state index in [1.165, 1.54) is 0 Å². The van der Waals surface area contributed by atoms with Gasteiger partial charge >= 0.3 is 0 Å². The van der Waals surface area contributed by atoms with E-state index in [-0.39, 0.29) is 5.56 Å². The molecular formula is C13H13N5O2. The molecule has 0 bridgehead atoms. The van der Waals surface area contributed by atoms with Gasteiger partial charge in [-0.1, -0.05) is 0 Å². The van der Waals surface area contributed by atoms with Crippen LogP contribution in [-0.4, -0.2) is 31.3 Å². The molecule has 0 spiro atoms. The first-order valence-corrected chi connectivity index (χ1v) is 6.52. The summed E-state index contributed by atoms with van der Waals surface area (Å²) in [6, 6.07) is 2.25. The number of ether oxygens (including phenoxy) is 1. The predicted octanol–water partition coefficient (Wildman–Crippen LogP) is 0.920. The van der Waals surface area contributed by atoms with Gasteiger partial charge in [-0.2, -0.15) is 9.50 Å². The lowest BCUT2D eigenvalue weighted by Gasteiger charge is -2.05. The molecule has 3 aromatic heterocycles. The van der Waals surface area contributed by atoms with E-state index in [2.05, 4.69) is 15.1 Å². The van der Waals surface area contributed by atoms with Crippen LogP contribution in [0.3, 0.4) is 0 Å². The van der Waals surface area contributed by atoms with Crippen molar-refractivity contribution in [3.63, 3.8) is 0 Å². The molecule has 0 aliphatic heterocycles. The number of fused-ring (bicyclic) bond motifs is 3. The largest absolute Gasteiger partial charge is 0.377 e. The van der Waals surface area contributed by atoms with E-state index in [1.807, 2.05) is 12.3 Å². The third-order valence-corrected chi connectivity index (χ3v) is 3.52. The number of pyridine rings is 1. The molecule has 1 fully saturated rings. The molecule has 1 aliphatic rings. The Balaban J connectivity index is 1.99. The minimum Gasteiger partial charge on any atom is -0.377 e. The molecule has 102 valence electrons. The fraction of sp³-hybridized carbons (Fsp3) is 0.385. The van der Waals surface area contributed by atoms with Crippen LogP contribution in [0.15, 0.2) is 23.3 Å². The zero-order valence-electron chi connectivity index (χ0n) is 11.0. The van der Waals surface area contributed by atoms with Crippen LogP contribution in [-0.2, 0) is 11.3 Å². The van der Waals surface area contributed by atoms with Crippen molar-refractivity contribution < 1.29 is 4.74 Å². The molecule has 7 nitrogen and oxygen atoms in total. The SMILES string of the molecule is COCc1nc2ncc3c(=O)n(C4CC4)ccc3n2n1. The van der Waals surface area contributed by atoms with Crippen LogP contribution in [0.2, 0.25) is 0 Å². The molecule has 4 rings (SSSR count). The zero-order chi connectivity index (χ0) is 13.7. The number of rotatable bonds is 3. The van der Waals surface area contributed by atoms with E-state index in [4.69, 9.17) is 4.74 Å². The van der Waals surface area contributed by atoms with Gasteiger partial charge in [-0.3, -0.25) is 4.79 Å². The lowest BCUT2D eigenvalue weighted by molar-refractivity contribution is 0.178. The molecule has 0 amide bonds. The van der Waals surface area contributed by atoms with Gasteiger partial charge in [0.2, 0.25) is 0 Å². The van der Waals surface area contributed by atoms with Crippen LogP contribution < -0.4 is 5.56 Å². The van der Waals surface area contributed by atoms with Gasteiger partial charge in [0.05, 0.1) is 10.9 Å². The predicted molar refractivity (Wildman–Crippen MR) is 71.5 cm³/mol. The van der Waals surface area contributed by atoms with E-state index in [0.717, 1.165) is 18.4 Å². The van der Waals surface area contributed by atoms with E-state index >= 15 is 0 Å². The van der Waals surface area contributed by atoms with Crippen molar-refractivity contribution in [2.45, 2.75) is 25.5 Å². The van der Waals surface area contributed by atoms with Gasteiger partial charge in [0.15, 0.2) is 5.82 Å². The van der Waals surface area contributed by atoms with Crippen molar-refractivity contribution in [2.24, 2.45) is 0 Å². The standard InChI is InChI=1S/C13H13N5O2/c1-20-7-11-15-13-14-6-9-10(18(13)16-11)4-5-17(12(9)19)8-2-3-8/h4-6,8H,2-3,7H2,1H3. The third-order valence-electron chi connectivity index (χ3n) is 3.52. The summed E-state index contributed by atoms with van der Waals surface area (Å²) in [7, 11) is 1.59. The van der Waals surface area contributed by atoms with Crippen LogP contribution in [0.5, 0.6) is 0 Å². The van der Waals surface area contributed by atoms with Crippen molar-refractivity contribution in [3.8, 4) is 0 Å². The molecule has 20 heavy (non-hydrogen) atoms. The van der Waals surface area contributed by atoms with Crippen molar-refractivity contribution in [1.82, 2.24) is 24.1 Å². The molecule has 0 aromatic carbocycles. The Kier molecular flexibility index (Phi) is 2.37. The highest BCUT2D eigenvalue weighted by Gasteiger charge is 2.25. The van der Waals surface area contributed by atoms with Gasteiger partial charge in [0, 0.05) is 25.5 Å². The summed E-state index contributed by atoms with van der Waals surface area (Å²) in [6.07, 6.45) is 5.56. The van der Waals surface area contributed by atoms with Gasteiger partial charge in [-0.15, -0.1) is 5.10 Å². The average molecular weight is 271 g/mol. The second-order valence-corrected chi connectivity index (χ2v) is 4.99. The molecule has 3 aromatic rings. The molecule has 1 saturated carbocycles. The normalized spacial score (nSPS) is 15.2. The third kappa shape index (κ3) is 1.63. The van der Waals surface area contributed by atoms with Gasteiger partial charge in [-0.25, -0.2) is 4.98 Å². The zero-order valence-corrected chi connectivity index (χ0v) is 11.0. The summed E-state index contributed by atoms with van der Waals surface area (Å²) in [5, 5.41) is 4.90. The van der Waals surface area contributed by atoms with Crippen LogP contribution >= 0.6 is 0 Å². The summed E-state index contributed by atoms with van der Waals surface area (Å²) < 4.78 is 8.40. The van der Waals surface area contributed by atoms with Crippen molar-refractivity contribution in [2.75, 3.05) is 7.11 Å². The van der Waals surface area contributed by atoms with Crippen LogP contribution in [0.4, 0.5) is 0 Å². The van der Waals surface area contributed by atoms with E-state index < -0.39 is 0 Å². The summed E-state index contributed by atoms with van der Waals surface area (Å²) >= 11 is 0. The average Bonchev–Trinajstić information content (AvgIpc) is 3.19. The van der Waals surface area contributed by atoms with Crippen LogP contribution in [0.25, 0.3) is 16.7 Å². The fourth-order valence-electron chi connectivity index (χ4n) is 2.41. The van der Waals surface area contributed by atoms with E-state index in [1.54, 1.807) is 22.4 Å². The maximum Gasteiger partial charge on any atom is 0.261 e. The van der Waals surface area contributed by atoms with E-state index in [0.29, 0.717) is 29.6 Å². The Bertz CT molecular complexity index is 862. The first-order valence-electron chi connectivity index (χ1n) is 6.52. The first kappa shape index (κ1) is 11.5. The quantitative estimate of drug-likeness (QED) is 0.708. The number of hydrogen-bond acceptors (Lipinski definition) is 5. The summed E-state index contributed by atoms with van der Waals surface area (Å²) in [5.74, 6) is 1.03. The molecule has 1 aliphatic carbocycles. The molecule has 0 unspecified atom stereocenters. The second kappa shape index (κ2) is 4.11. The van der Waals surface area contributed by atoms with Crippen molar-refractivity contribution in [3.05, 3.63) is 34.6 Å². The summed E-state index contributed by atoms with van der Waals surface area (Å²) in [4.78, 5) is 20.9. The van der Waals surface area contributed by atoms with E-state index in [9.17, 15) is 4.79 Å². The van der Waals surface area contributed by atoms with Gasteiger partial charge in [-0.05, 0) is 18.9 Å². The lowest BCUT2D eigenvalue weighted by atomic mass is 10.3. The maximum absolute atomic E-state index is 12.4.